The number of benzene rings is 4. The van der Waals surface area contributed by atoms with Gasteiger partial charge < -0.3 is 37.9 Å². The first kappa shape index (κ1) is 71.5. The van der Waals surface area contributed by atoms with E-state index in [2.05, 4.69) is 57.0 Å². The molecule has 2 atom stereocenters. The first-order chi connectivity index (χ1) is 42.8. The average Bonchev–Trinajstić information content (AvgIpc) is 3.74. The van der Waals surface area contributed by atoms with Gasteiger partial charge in [-0.3, -0.25) is 0 Å². The summed E-state index contributed by atoms with van der Waals surface area (Å²) >= 11 is 0. The summed E-state index contributed by atoms with van der Waals surface area (Å²) in [6, 6.07) is 23.6. The van der Waals surface area contributed by atoms with Crippen LogP contribution in [0.4, 0.5) is 19.2 Å². The highest BCUT2D eigenvalue weighted by atomic mass is 17.3. The number of ether oxygens (including phenoxy) is 8. The van der Waals surface area contributed by atoms with Crippen LogP contribution in [0, 0.1) is 11.8 Å². The zero-order chi connectivity index (χ0) is 63.4. The average molecular weight is 1240 g/mol. The smallest absolute Gasteiger partial charge is 0.494 e. The zero-order valence-electron chi connectivity index (χ0n) is 50.6. The van der Waals surface area contributed by atoms with Gasteiger partial charge in [0, 0.05) is 11.8 Å². The molecule has 4 rings (SSSR count). The van der Waals surface area contributed by atoms with Gasteiger partial charge in [0.05, 0.1) is 75.1 Å². The normalized spacial score (nSPS) is 11.3. The van der Waals surface area contributed by atoms with Crippen molar-refractivity contribution in [2.75, 3.05) is 52.9 Å². The number of hydrogen-bond acceptors (Lipinski definition) is 24. The van der Waals surface area contributed by atoms with Crippen LogP contribution in [0.2, 0.25) is 0 Å². The van der Waals surface area contributed by atoms with Gasteiger partial charge in [-0.25, -0.2) is 58.3 Å². The third-order valence-electron chi connectivity index (χ3n) is 13.1. The van der Waals surface area contributed by atoms with E-state index in [-0.39, 0.29) is 35.1 Å². The van der Waals surface area contributed by atoms with E-state index in [1.807, 2.05) is 0 Å². The van der Waals surface area contributed by atoms with Crippen molar-refractivity contribution in [3.05, 3.63) is 119 Å². The van der Waals surface area contributed by atoms with Gasteiger partial charge in [-0.1, -0.05) is 105 Å². The van der Waals surface area contributed by atoms with Gasteiger partial charge in [0.1, 0.15) is 23.0 Å². The fourth-order valence-electron chi connectivity index (χ4n) is 8.05. The van der Waals surface area contributed by atoms with E-state index in [0.29, 0.717) is 49.4 Å². The number of rotatable bonds is 39. The summed E-state index contributed by atoms with van der Waals surface area (Å²) in [4.78, 5) is 140. The lowest BCUT2D eigenvalue weighted by atomic mass is 9.88. The molecule has 0 heterocycles. The van der Waals surface area contributed by atoms with E-state index in [9.17, 15) is 38.4 Å². The van der Waals surface area contributed by atoms with Crippen LogP contribution in [0.3, 0.4) is 0 Å². The molecule has 4 aromatic rings. The van der Waals surface area contributed by atoms with Crippen LogP contribution in [-0.2, 0) is 58.0 Å². The summed E-state index contributed by atoms with van der Waals surface area (Å²) in [7, 11) is 0. The number of carbonyl (C=O) groups excluding carboxylic acids is 8. The molecule has 24 nitrogen and oxygen atoms in total. The molecule has 0 spiro atoms. The van der Waals surface area contributed by atoms with E-state index >= 15 is 0 Å². The Morgan fingerprint density at radius 3 is 0.727 bits per heavy atom. The van der Waals surface area contributed by atoms with Crippen LogP contribution in [0.25, 0.3) is 0 Å². The predicted octanol–water partition coefficient (Wildman–Crippen LogP) is 14.5. The Balaban J connectivity index is 1.43. The molecule has 0 aliphatic rings. The Bertz CT molecular complexity index is 2480. The largest absolute Gasteiger partial charge is 0.549 e. The van der Waals surface area contributed by atoms with Crippen molar-refractivity contribution in [2.45, 2.75) is 143 Å². The van der Waals surface area contributed by atoms with Crippen molar-refractivity contribution in [3.63, 3.8) is 0 Å². The molecule has 88 heavy (non-hydrogen) atoms. The zero-order valence-corrected chi connectivity index (χ0v) is 50.6. The lowest BCUT2D eigenvalue weighted by Crippen LogP contribution is -2.30. The lowest BCUT2D eigenvalue weighted by molar-refractivity contribution is -0.208. The summed E-state index contributed by atoms with van der Waals surface area (Å²) in [6.45, 7) is 7.94. The van der Waals surface area contributed by atoms with Gasteiger partial charge in [-0.2, -0.15) is 19.2 Å². The summed E-state index contributed by atoms with van der Waals surface area (Å²) in [6.07, 6.45) is 9.60. The van der Waals surface area contributed by atoms with Gasteiger partial charge in [0.25, 0.3) is 0 Å². The van der Waals surface area contributed by atoms with Crippen LogP contribution >= 0.6 is 0 Å². The molecular weight excluding hydrogens is 1150 g/mol. The number of carbonyl (C=O) groups is 8. The van der Waals surface area contributed by atoms with Crippen LogP contribution in [-0.4, -0.2) is 101 Å². The van der Waals surface area contributed by atoms with Gasteiger partial charge in [0.15, 0.2) is 0 Å². The topological polar surface area (TPSA) is 284 Å². The Morgan fingerprint density at radius 2 is 0.500 bits per heavy atom. The van der Waals surface area contributed by atoms with Crippen LogP contribution in [0.1, 0.15) is 185 Å². The molecule has 2 unspecified atom stereocenters. The summed E-state index contributed by atoms with van der Waals surface area (Å²) in [5.41, 5.74) is 0.0466. The first-order valence-electron chi connectivity index (χ1n) is 30.0. The number of hydrogen-bond donors (Lipinski definition) is 0. The minimum atomic E-state index is -1.52. The monoisotopic (exact) mass is 1230 g/mol. The molecule has 482 valence electrons. The summed E-state index contributed by atoms with van der Waals surface area (Å²) in [5, 5.41) is 0. The molecule has 0 aliphatic carbocycles. The molecule has 0 saturated carbocycles. The summed E-state index contributed by atoms with van der Waals surface area (Å²) < 4.78 is 43.7. The predicted molar refractivity (Wildman–Crippen MR) is 312 cm³/mol. The minimum Gasteiger partial charge on any atom is -0.494 e. The molecule has 0 radical (unpaired) electrons. The molecule has 0 N–H and O–H groups in total. The lowest BCUT2D eigenvalue weighted by Gasteiger charge is -2.25. The molecule has 0 aliphatic heterocycles. The second kappa shape index (κ2) is 43.6. The number of unbranched alkanes of at least 4 members (excludes halogenated alkanes) is 12. The van der Waals surface area contributed by atoms with Gasteiger partial charge in [-0.05, 0) is 136 Å². The van der Waals surface area contributed by atoms with Crippen molar-refractivity contribution >= 4 is 48.5 Å². The molecule has 0 fully saturated rings. The maximum absolute atomic E-state index is 13.0. The van der Waals surface area contributed by atoms with E-state index in [1.165, 1.54) is 48.5 Å². The molecular formula is C64H82O24. The Kier molecular flexibility index (Phi) is 35.5. The fourth-order valence-corrected chi connectivity index (χ4v) is 8.05. The molecule has 4 aromatic carbocycles. The second-order valence-electron chi connectivity index (χ2n) is 20.0. The molecule has 0 saturated heterocycles. The van der Waals surface area contributed by atoms with Crippen molar-refractivity contribution in [1.82, 2.24) is 0 Å². The van der Waals surface area contributed by atoms with E-state index in [1.54, 1.807) is 48.5 Å². The van der Waals surface area contributed by atoms with Crippen molar-refractivity contribution in [3.8, 4) is 23.0 Å². The molecule has 24 heteroatoms. The van der Waals surface area contributed by atoms with Crippen LogP contribution < -0.4 is 18.9 Å². The molecule has 0 aromatic heterocycles. The molecule has 0 bridgehead atoms. The second-order valence-corrected chi connectivity index (χ2v) is 20.0. The van der Waals surface area contributed by atoms with Gasteiger partial charge in [0.2, 0.25) is 0 Å². The van der Waals surface area contributed by atoms with E-state index < -0.39 is 86.8 Å². The maximum atomic E-state index is 13.0. The SMILES string of the molecule is CCCCCCOc1ccc(C(=O)OOC(=O)OCCC(COC(=O)OOC(=O)c2ccc(OCCCCCC)cc2)C(CCOC(=O)OOC(=O)c2ccc(OCCCCCC)cc2)COC(=O)OOC(=O)c2ccc(OCCCCCC)cc2)cc1. The standard InChI is InChI=1S/C64H82O24/c1-5-9-13-17-39-73-53-29-21-47(22-30-53)57(65)81-85-61(69)77-43-37-51(45-79-63(71)87-83-59(67)49-25-33-55(34-26-49)75-41-19-15-11-7-3)52(46-80-64(72)88-84-60(68)50-27-35-56(36-28-50)76-42-20-16-12-8-4)38-44-78-62(70)86-82-58(66)48-23-31-54(32-24-48)74-40-18-14-10-6-2/h21-36,51-52H,5-20,37-46H2,1-4H3. The summed E-state index contributed by atoms with van der Waals surface area (Å²) in [5.74, 6) is -4.29. The van der Waals surface area contributed by atoms with Crippen molar-refractivity contribution < 1.29 is 115 Å². The highest BCUT2D eigenvalue weighted by Gasteiger charge is 2.29. The third-order valence-corrected chi connectivity index (χ3v) is 13.1. The minimum absolute atomic E-state index is 0.00126. The van der Waals surface area contributed by atoms with Crippen LogP contribution in [0.5, 0.6) is 23.0 Å². The highest BCUT2D eigenvalue weighted by molar-refractivity contribution is 5.91. The Hall–Kier alpha value is -8.96. The van der Waals surface area contributed by atoms with Crippen molar-refractivity contribution in [1.29, 1.82) is 0 Å². The highest BCUT2D eigenvalue weighted by Crippen LogP contribution is 2.24. The Morgan fingerprint density at radius 1 is 0.273 bits per heavy atom. The molecule has 0 amide bonds. The van der Waals surface area contributed by atoms with Gasteiger partial charge >= 0.3 is 48.5 Å². The first-order valence-corrected chi connectivity index (χ1v) is 30.0. The van der Waals surface area contributed by atoms with Crippen molar-refractivity contribution in [2.24, 2.45) is 11.8 Å². The third kappa shape index (κ3) is 30.4. The quantitative estimate of drug-likeness (QED) is 0.0132. The van der Waals surface area contributed by atoms with Gasteiger partial charge in [-0.15, -0.1) is 0 Å². The van der Waals surface area contributed by atoms with E-state index in [4.69, 9.17) is 47.7 Å². The fraction of sp³-hybridized carbons (Fsp3) is 0.500. The van der Waals surface area contributed by atoms with E-state index in [0.717, 1.165) is 103 Å². The van der Waals surface area contributed by atoms with Crippen LogP contribution in [0.15, 0.2) is 97.1 Å². The Labute approximate surface area is 512 Å². The maximum Gasteiger partial charge on any atom is 0.549 e.